The van der Waals surface area contributed by atoms with Crippen LogP contribution in [0.3, 0.4) is 0 Å². The van der Waals surface area contributed by atoms with E-state index < -0.39 is 5.56 Å². The third kappa shape index (κ3) is 4.78. The van der Waals surface area contributed by atoms with Crippen LogP contribution in [0.15, 0.2) is 64.0 Å². The molecule has 3 heterocycles. The average molecular weight is 412 g/mol. The van der Waals surface area contributed by atoms with Crippen molar-refractivity contribution in [3.8, 4) is 11.5 Å². The number of hydrogen-bond donors (Lipinski definition) is 2. The number of hydrogen-bond acceptors (Lipinski definition) is 4. The van der Waals surface area contributed by atoms with Gasteiger partial charge in [-0.05, 0) is 54.8 Å². The summed E-state index contributed by atoms with van der Waals surface area (Å²) in [5, 5.41) is 3.73. The molecule has 0 atom stereocenters. The lowest BCUT2D eigenvalue weighted by molar-refractivity contribution is 0.0907. The summed E-state index contributed by atoms with van der Waals surface area (Å²) < 4.78 is 5.27. The number of amides is 1. The smallest absolute Gasteiger partial charge is 0.261 e. The van der Waals surface area contributed by atoms with Crippen molar-refractivity contribution in [3.05, 3.63) is 81.3 Å². The summed E-state index contributed by atoms with van der Waals surface area (Å²) in [5.41, 5.74) is 1.47. The molecule has 0 aliphatic carbocycles. The van der Waals surface area contributed by atoms with Crippen molar-refractivity contribution in [2.45, 2.75) is 25.4 Å². The Kier molecular flexibility index (Phi) is 5.83. The van der Waals surface area contributed by atoms with Crippen LogP contribution in [0.2, 0.25) is 5.02 Å². The molecule has 0 radical (unpaired) electrons. The second-order valence-corrected chi connectivity index (χ2v) is 7.68. The summed E-state index contributed by atoms with van der Waals surface area (Å²) in [6, 6.07) is 14.7. The zero-order chi connectivity index (χ0) is 20.2. The van der Waals surface area contributed by atoms with Crippen LogP contribution in [0.25, 0.3) is 11.5 Å². The Morgan fingerprint density at radius 1 is 1.14 bits per heavy atom. The minimum Gasteiger partial charge on any atom is -0.463 e. The largest absolute Gasteiger partial charge is 0.463 e. The van der Waals surface area contributed by atoms with E-state index in [1.807, 2.05) is 24.3 Å². The second kappa shape index (κ2) is 8.68. The van der Waals surface area contributed by atoms with Gasteiger partial charge in [-0.2, -0.15) is 0 Å². The molecule has 0 unspecified atom stereocenters. The maximum Gasteiger partial charge on any atom is 0.261 e. The third-order valence-electron chi connectivity index (χ3n) is 5.18. The standard InChI is InChI=1S/C22H22ClN3O3/c23-16-5-3-15(4-6-16)14-26-11-9-17(10-12-26)24-21(27)18-7-8-19(25-22(18)28)20-2-1-13-29-20/h1-8,13,17H,9-12,14H2,(H,24,27)(H,25,28). The molecule has 3 aromatic rings. The number of carbonyl (C=O) groups is 1. The number of halogens is 1. The predicted molar refractivity (Wildman–Crippen MR) is 112 cm³/mol. The molecule has 4 rings (SSSR count). The Balaban J connectivity index is 1.32. The number of furan rings is 1. The number of likely N-dealkylation sites (tertiary alicyclic amines) is 1. The highest BCUT2D eigenvalue weighted by atomic mass is 35.5. The molecule has 2 N–H and O–H groups in total. The Bertz CT molecular complexity index is 1020. The minimum absolute atomic E-state index is 0.0631. The first kappa shape index (κ1) is 19.5. The van der Waals surface area contributed by atoms with Gasteiger partial charge in [-0.15, -0.1) is 0 Å². The molecule has 7 heteroatoms. The fourth-order valence-electron chi connectivity index (χ4n) is 3.57. The van der Waals surface area contributed by atoms with Gasteiger partial charge in [0.1, 0.15) is 11.3 Å². The van der Waals surface area contributed by atoms with Gasteiger partial charge in [-0.3, -0.25) is 14.5 Å². The van der Waals surface area contributed by atoms with E-state index in [1.165, 1.54) is 11.8 Å². The highest BCUT2D eigenvalue weighted by Gasteiger charge is 2.22. The Labute approximate surface area is 173 Å². The van der Waals surface area contributed by atoms with E-state index in [4.69, 9.17) is 16.0 Å². The number of piperidine rings is 1. The highest BCUT2D eigenvalue weighted by Crippen LogP contribution is 2.17. The zero-order valence-electron chi connectivity index (χ0n) is 15.9. The van der Waals surface area contributed by atoms with Gasteiger partial charge in [0.05, 0.1) is 12.0 Å². The van der Waals surface area contributed by atoms with E-state index >= 15 is 0 Å². The van der Waals surface area contributed by atoms with Crippen molar-refractivity contribution in [2.75, 3.05) is 13.1 Å². The first-order chi connectivity index (χ1) is 14.1. The van der Waals surface area contributed by atoms with Gasteiger partial charge in [0.25, 0.3) is 11.5 Å². The SMILES string of the molecule is O=C(NC1CCN(Cc2ccc(Cl)cc2)CC1)c1ccc(-c2ccco2)[nH]c1=O. The fourth-order valence-corrected chi connectivity index (χ4v) is 3.70. The van der Waals surface area contributed by atoms with Crippen LogP contribution >= 0.6 is 11.6 Å². The Morgan fingerprint density at radius 2 is 1.90 bits per heavy atom. The molecule has 6 nitrogen and oxygen atoms in total. The normalized spacial score (nSPS) is 15.3. The summed E-state index contributed by atoms with van der Waals surface area (Å²) in [7, 11) is 0. The van der Waals surface area contributed by atoms with Gasteiger partial charge in [0, 0.05) is 30.7 Å². The van der Waals surface area contributed by atoms with Crippen molar-refractivity contribution >= 4 is 17.5 Å². The van der Waals surface area contributed by atoms with Crippen LogP contribution in [0.1, 0.15) is 28.8 Å². The van der Waals surface area contributed by atoms with Gasteiger partial charge < -0.3 is 14.7 Å². The molecule has 2 aromatic heterocycles. The number of nitrogens with zero attached hydrogens (tertiary/aromatic N) is 1. The molecule has 29 heavy (non-hydrogen) atoms. The van der Waals surface area contributed by atoms with Crippen molar-refractivity contribution in [3.63, 3.8) is 0 Å². The monoisotopic (exact) mass is 411 g/mol. The Morgan fingerprint density at radius 3 is 2.55 bits per heavy atom. The van der Waals surface area contributed by atoms with Gasteiger partial charge >= 0.3 is 0 Å². The van der Waals surface area contributed by atoms with E-state index in [1.54, 1.807) is 24.3 Å². The van der Waals surface area contributed by atoms with Crippen LogP contribution in [0.4, 0.5) is 0 Å². The van der Waals surface area contributed by atoms with Crippen LogP contribution in [-0.4, -0.2) is 34.9 Å². The van der Waals surface area contributed by atoms with Crippen LogP contribution in [-0.2, 0) is 6.54 Å². The predicted octanol–water partition coefficient (Wildman–Crippen LogP) is 3.68. The fraction of sp³-hybridized carbons (Fsp3) is 0.273. The van der Waals surface area contributed by atoms with Crippen molar-refractivity contribution in [2.24, 2.45) is 0 Å². The van der Waals surface area contributed by atoms with Crippen LogP contribution in [0.5, 0.6) is 0 Å². The van der Waals surface area contributed by atoms with Gasteiger partial charge in [0.2, 0.25) is 0 Å². The number of benzene rings is 1. The quantitative estimate of drug-likeness (QED) is 0.671. The molecule has 150 valence electrons. The first-order valence-electron chi connectivity index (χ1n) is 9.63. The van der Waals surface area contributed by atoms with Crippen LogP contribution in [0, 0.1) is 0 Å². The summed E-state index contributed by atoms with van der Waals surface area (Å²) >= 11 is 5.94. The lowest BCUT2D eigenvalue weighted by atomic mass is 10.0. The molecule has 0 bridgehead atoms. The number of aromatic amines is 1. The minimum atomic E-state index is -0.420. The average Bonchev–Trinajstić information content (AvgIpc) is 3.26. The number of rotatable bonds is 5. The maximum atomic E-state index is 12.6. The highest BCUT2D eigenvalue weighted by molar-refractivity contribution is 6.30. The lowest BCUT2D eigenvalue weighted by Gasteiger charge is -2.32. The number of nitrogens with one attached hydrogen (secondary N) is 2. The molecule has 1 amide bonds. The van der Waals surface area contributed by atoms with E-state index in [2.05, 4.69) is 15.2 Å². The molecule has 1 aliphatic rings. The number of pyridine rings is 1. The molecule has 1 fully saturated rings. The van der Waals surface area contributed by atoms with Gasteiger partial charge in [0.15, 0.2) is 0 Å². The molecule has 0 saturated carbocycles. The lowest BCUT2D eigenvalue weighted by Crippen LogP contribution is -2.45. The third-order valence-corrected chi connectivity index (χ3v) is 5.43. The maximum absolute atomic E-state index is 12.6. The van der Waals surface area contributed by atoms with Gasteiger partial charge in [-0.25, -0.2) is 0 Å². The molecule has 1 aliphatic heterocycles. The van der Waals surface area contributed by atoms with Crippen molar-refractivity contribution in [1.29, 1.82) is 0 Å². The van der Waals surface area contributed by atoms with E-state index in [0.717, 1.165) is 37.5 Å². The van der Waals surface area contributed by atoms with E-state index in [9.17, 15) is 9.59 Å². The summed E-state index contributed by atoms with van der Waals surface area (Å²) in [6.07, 6.45) is 3.23. The van der Waals surface area contributed by atoms with Crippen molar-refractivity contribution < 1.29 is 9.21 Å². The number of carbonyl (C=O) groups excluding carboxylic acids is 1. The molecular formula is C22H22ClN3O3. The van der Waals surface area contributed by atoms with Crippen LogP contribution < -0.4 is 10.9 Å². The summed E-state index contributed by atoms with van der Waals surface area (Å²) in [5.74, 6) is 0.218. The Hall–Kier alpha value is -2.83. The summed E-state index contributed by atoms with van der Waals surface area (Å²) in [6.45, 7) is 2.65. The van der Waals surface area contributed by atoms with Crippen molar-refractivity contribution in [1.82, 2.24) is 15.2 Å². The number of H-pyrrole nitrogens is 1. The topological polar surface area (TPSA) is 78.3 Å². The first-order valence-corrected chi connectivity index (χ1v) is 10.0. The molecule has 0 spiro atoms. The molecule has 1 aromatic carbocycles. The van der Waals surface area contributed by atoms with E-state index in [-0.39, 0.29) is 17.5 Å². The number of aromatic nitrogens is 1. The van der Waals surface area contributed by atoms with Gasteiger partial charge in [-0.1, -0.05) is 23.7 Å². The molecule has 1 saturated heterocycles. The van der Waals surface area contributed by atoms with E-state index in [0.29, 0.717) is 11.5 Å². The zero-order valence-corrected chi connectivity index (χ0v) is 16.6. The second-order valence-electron chi connectivity index (χ2n) is 7.24. The molecular weight excluding hydrogens is 390 g/mol. The summed E-state index contributed by atoms with van der Waals surface area (Å²) in [4.78, 5) is 29.9.